The predicted molar refractivity (Wildman–Crippen MR) is 54.5 cm³/mol. The van der Waals surface area contributed by atoms with Gasteiger partial charge in [0.05, 0.1) is 6.61 Å². The average molecular weight is 206 g/mol. The zero-order chi connectivity index (χ0) is 11.0. The minimum atomic E-state index is -0.373. The van der Waals surface area contributed by atoms with Gasteiger partial charge in [-0.1, -0.05) is 6.58 Å². The molecule has 4 nitrogen and oxygen atoms in total. The molecule has 0 atom stereocenters. The molecule has 78 valence electrons. The Morgan fingerprint density at radius 2 is 1.93 bits per heavy atom. The molecule has 0 radical (unpaired) electrons. The maximum Gasteiger partial charge on any atom is 0.202 e. The first-order chi connectivity index (χ1) is 7.13. The Hall–Kier alpha value is -1.94. The van der Waals surface area contributed by atoms with Crippen molar-refractivity contribution in [2.24, 2.45) is 0 Å². The van der Waals surface area contributed by atoms with Crippen LogP contribution in [0.2, 0.25) is 0 Å². The lowest BCUT2D eigenvalue weighted by Gasteiger charge is -2.17. The van der Waals surface area contributed by atoms with Crippen molar-refractivity contribution in [3.8, 4) is 17.2 Å². The van der Waals surface area contributed by atoms with E-state index >= 15 is 0 Å². The van der Waals surface area contributed by atoms with Gasteiger partial charge in [-0.2, -0.15) is 0 Å². The fraction of sp³-hybridized carbons (Fsp3) is 0.0909. The maximum absolute atomic E-state index is 9.61. The van der Waals surface area contributed by atoms with Crippen molar-refractivity contribution in [2.75, 3.05) is 0 Å². The van der Waals surface area contributed by atoms with Gasteiger partial charge in [-0.05, 0) is 18.2 Å². The first kappa shape index (κ1) is 9.61. The van der Waals surface area contributed by atoms with Crippen molar-refractivity contribution in [3.05, 3.63) is 35.6 Å². The van der Waals surface area contributed by atoms with Crippen LogP contribution in [0.25, 0.3) is 6.08 Å². The summed E-state index contributed by atoms with van der Waals surface area (Å²) in [6.07, 6.45) is 3.33. The third-order valence-corrected chi connectivity index (χ3v) is 2.19. The van der Waals surface area contributed by atoms with Crippen molar-refractivity contribution >= 4 is 6.08 Å². The lowest BCUT2D eigenvalue weighted by Crippen LogP contribution is -1.99. The van der Waals surface area contributed by atoms with E-state index in [9.17, 15) is 10.2 Å². The quantitative estimate of drug-likeness (QED) is 0.609. The number of allylic oxidation sites excluding steroid dienone is 1. The summed E-state index contributed by atoms with van der Waals surface area (Å²) in [6, 6.07) is 1.55. The lowest BCUT2D eigenvalue weighted by molar-refractivity contribution is 0.271. The van der Waals surface area contributed by atoms with Crippen LogP contribution < -0.4 is 4.74 Å². The van der Waals surface area contributed by atoms with E-state index < -0.39 is 0 Å². The molecule has 0 amide bonds. The molecule has 1 aromatic rings. The average Bonchev–Trinajstić information content (AvgIpc) is 2.24. The Labute approximate surface area is 86.4 Å². The van der Waals surface area contributed by atoms with Gasteiger partial charge in [-0.15, -0.1) is 0 Å². The lowest BCUT2D eigenvalue weighted by atomic mass is 10.1. The molecule has 1 aromatic carbocycles. The minimum Gasteiger partial charge on any atom is -0.504 e. The van der Waals surface area contributed by atoms with Gasteiger partial charge in [0.2, 0.25) is 5.75 Å². The highest BCUT2D eigenvalue weighted by Crippen LogP contribution is 2.44. The number of rotatable bonds is 1. The van der Waals surface area contributed by atoms with Crippen molar-refractivity contribution in [2.45, 2.75) is 6.61 Å². The monoisotopic (exact) mass is 206 g/mol. The van der Waals surface area contributed by atoms with E-state index in [0.717, 1.165) is 0 Å². The van der Waals surface area contributed by atoms with E-state index in [-0.39, 0.29) is 29.4 Å². The fourth-order valence-electron chi connectivity index (χ4n) is 1.42. The molecule has 0 unspecified atom stereocenters. The molecular formula is C11H10O4. The van der Waals surface area contributed by atoms with Crippen LogP contribution in [-0.2, 0) is 6.61 Å². The van der Waals surface area contributed by atoms with Gasteiger partial charge >= 0.3 is 0 Å². The normalized spacial score (nSPS) is 13.5. The van der Waals surface area contributed by atoms with Gasteiger partial charge in [0.15, 0.2) is 11.5 Å². The van der Waals surface area contributed by atoms with Gasteiger partial charge < -0.3 is 20.1 Å². The maximum atomic E-state index is 9.61. The number of hydrogen-bond acceptors (Lipinski definition) is 4. The zero-order valence-corrected chi connectivity index (χ0v) is 7.90. The first-order valence-electron chi connectivity index (χ1n) is 4.37. The molecule has 1 heterocycles. The van der Waals surface area contributed by atoms with Crippen LogP contribution in [0.15, 0.2) is 24.5 Å². The van der Waals surface area contributed by atoms with Crippen LogP contribution in [0, 0.1) is 0 Å². The van der Waals surface area contributed by atoms with Crippen molar-refractivity contribution in [1.82, 2.24) is 0 Å². The Bertz CT molecular complexity index is 460. The van der Waals surface area contributed by atoms with E-state index in [1.54, 1.807) is 18.2 Å². The van der Waals surface area contributed by atoms with Crippen LogP contribution in [0.3, 0.4) is 0 Å². The van der Waals surface area contributed by atoms with Gasteiger partial charge in [-0.25, -0.2) is 0 Å². The first-order valence-corrected chi connectivity index (χ1v) is 4.37. The summed E-state index contributed by atoms with van der Waals surface area (Å²) in [5.74, 6) is -0.187. The number of benzene rings is 1. The third kappa shape index (κ3) is 1.45. The molecule has 15 heavy (non-hydrogen) atoms. The molecule has 1 aliphatic heterocycles. The molecule has 0 aromatic heterocycles. The molecule has 0 saturated heterocycles. The Balaban J connectivity index is 2.65. The van der Waals surface area contributed by atoms with Crippen LogP contribution in [0.4, 0.5) is 0 Å². The molecule has 0 saturated carbocycles. The summed E-state index contributed by atoms with van der Waals surface area (Å²) in [4.78, 5) is 0. The van der Waals surface area contributed by atoms with Crippen molar-refractivity contribution in [3.63, 3.8) is 0 Å². The second-order valence-corrected chi connectivity index (χ2v) is 3.21. The molecule has 1 aliphatic rings. The summed E-state index contributed by atoms with van der Waals surface area (Å²) in [5.41, 5.74) is 0.855. The number of aromatic hydroxyl groups is 2. The summed E-state index contributed by atoms with van der Waals surface area (Å²) < 4.78 is 5.17. The third-order valence-electron chi connectivity index (χ3n) is 2.19. The molecule has 3 N–H and O–H groups in total. The SMILES string of the molecule is C=C1C=Cc2cc(CO)c(O)c(O)c2O1. The number of phenolic OH excluding ortho intramolecular Hbond substituents is 1. The molecule has 0 aliphatic carbocycles. The fourth-order valence-corrected chi connectivity index (χ4v) is 1.42. The Morgan fingerprint density at radius 1 is 1.20 bits per heavy atom. The Morgan fingerprint density at radius 3 is 2.60 bits per heavy atom. The van der Waals surface area contributed by atoms with Crippen LogP contribution in [0.1, 0.15) is 11.1 Å². The summed E-state index contributed by atoms with van der Waals surface area (Å²) in [5, 5.41) is 28.1. The number of fused-ring (bicyclic) bond motifs is 1. The molecule has 2 rings (SSSR count). The number of hydrogen-bond donors (Lipinski definition) is 3. The van der Waals surface area contributed by atoms with Crippen LogP contribution in [-0.4, -0.2) is 15.3 Å². The summed E-state index contributed by atoms with van der Waals surface area (Å²) in [6.45, 7) is 3.23. The van der Waals surface area contributed by atoms with Crippen molar-refractivity contribution < 1.29 is 20.1 Å². The number of aliphatic hydroxyl groups is 1. The zero-order valence-electron chi connectivity index (χ0n) is 7.90. The highest BCUT2D eigenvalue weighted by atomic mass is 16.5. The second kappa shape index (κ2) is 3.33. The van der Waals surface area contributed by atoms with Gasteiger partial charge in [0.1, 0.15) is 5.76 Å². The molecule has 0 fully saturated rings. The molecule has 0 bridgehead atoms. The van der Waals surface area contributed by atoms with E-state index in [2.05, 4.69) is 6.58 Å². The molecule has 0 spiro atoms. The van der Waals surface area contributed by atoms with Gasteiger partial charge in [-0.3, -0.25) is 0 Å². The highest BCUT2D eigenvalue weighted by Gasteiger charge is 2.19. The van der Waals surface area contributed by atoms with Crippen LogP contribution in [0.5, 0.6) is 17.2 Å². The largest absolute Gasteiger partial charge is 0.504 e. The summed E-state index contributed by atoms with van der Waals surface area (Å²) in [7, 11) is 0. The number of phenols is 2. The van der Waals surface area contributed by atoms with Gasteiger partial charge in [0, 0.05) is 11.1 Å². The highest BCUT2D eigenvalue weighted by molar-refractivity contribution is 5.71. The van der Waals surface area contributed by atoms with Crippen LogP contribution >= 0.6 is 0 Å². The van der Waals surface area contributed by atoms with E-state index in [1.165, 1.54) is 0 Å². The van der Waals surface area contributed by atoms with Gasteiger partial charge in [0.25, 0.3) is 0 Å². The number of aliphatic hydroxyl groups excluding tert-OH is 1. The standard InChI is InChI=1S/C11H10O4/c1-6-2-3-7-4-8(5-12)9(13)10(14)11(7)15-6/h2-4,12-14H,1,5H2. The predicted octanol–water partition coefficient (Wildman–Crippen LogP) is 1.51. The number of ether oxygens (including phenoxy) is 1. The second-order valence-electron chi connectivity index (χ2n) is 3.21. The van der Waals surface area contributed by atoms with Crippen molar-refractivity contribution in [1.29, 1.82) is 0 Å². The Kier molecular flexibility index (Phi) is 2.13. The van der Waals surface area contributed by atoms with E-state index in [1.807, 2.05) is 0 Å². The topological polar surface area (TPSA) is 69.9 Å². The molecular weight excluding hydrogens is 196 g/mol. The smallest absolute Gasteiger partial charge is 0.202 e. The van der Waals surface area contributed by atoms with E-state index in [0.29, 0.717) is 11.3 Å². The summed E-state index contributed by atoms with van der Waals surface area (Å²) >= 11 is 0. The molecule has 4 heteroatoms. The van der Waals surface area contributed by atoms with E-state index in [4.69, 9.17) is 9.84 Å². The minimum absolute atomic E-state index is 0.164.